The van der Waals surface area contributed by atoms with Crippen LogP contribution in [0.1, 0.15) is 32.1 Å². The Morgan fingerprint density at radius 3 is 2.85 bits per heavy atom. The molecule has 3 aromatic heterocycles. The summed E-state index contributed by atoms with van der Waals surface area (Å²) in [5.41, 5.74) is 1.44. The van der Waals surface area contributed by atoms with Crippen LogP contribution in [0, 0.1) is 5.92 Å². The van der Waals surface area contributed by atoms with Gasteiger partial charge in [-0.25, -0.2) is 4.98 Å². The molecule has 0 saturated heterocycles. The summed E-state index contributed by atoms with van der Waals surface area (Å²) in [4.78, 5) is 19.7. The molecule has 0 aliphatic heterocycles. The van der Waals surface area contributed by atoms with Crippen LogP contribution in [-0.2, 0) is 17.9 Å². The van der Waals surface area contributed by atoms with Crippen LogP contribution < -0.4 is 5.32 Å². The molecule has 1 saturated carbocycles. The third-order valence-electron chi connectivity index (χ3n) is 4.93. The van der Waals surface area contributed by atoms with E-state index in [1.54, 1.807) is 18.6 Å². The van der Waals surface area contributed by atoms with E-state index < -0.39 is 5.97 Å². The number of aliphatic carboxylic acids is 1. The monoisotopic (exact) mass is 388 g/mol. The van der Waals surface area contributed by atoms with Crippen LogP contribution in [0.15, 0.2) is 24.8 Å². The second-order valence-electron chi connectivity index (χ2n) is 7.01. The van der Waals surface area contributed by atoms with Gasteiger partial charge in [-0.05, 0) is 18.8 Å². The van der Waals surface area contributed by atoms with E-state index >= 15 is 0 Å². The van der Waals surface area contributed by atoms with E-state index in [-0.39, 0.29) is 6.54 Å². The first-order valence-electron chi connectivity index (χ1n) is 9.11. The number of anilines is 2. The van der Waals surface area contributed by atoms with Crippen molar-refractivity contribution in [1.29, 1.82) is 0 Å². The average Bonchev–Trinajstić information content (AvgIpc) is 3.20. The molecule has 0 atom stereocenters. The first-order valence-corrected chi connectivity index (χ1v) is 9.49. The van der Waals surface area contributed by atoms with Crippen molar-refractivity contribution in [3.8, 4) is 0 Å². The highest BCUT2D eigenvalue weighted by molar-refractivity contribution is 6.35. The molecule has 3 aromatic rings. The Kier molecular flexibility index (Phi) is 4.98. The molecule has 0 unspecified atom stereocenters. The summed E-state index contributed by atoms with van der Waals surface area (Å²) >= 11 is 6.37. The molecule has 0 aromatic carbocycles. The summed E-state index contributed by atoms with van der Waals surface area (Å²) < 4.78 is 3.46. The van der Waals surface area contributed by atoms with Crippen molar-refractivity contribution in [2.24, 2.45) is 5.92 Å². The Balaban J connectivity index is 1.56. The van der Waals surface area contributed by atoms with Crippen molar-refractivity contribution < 1.29 is 9.90 Å². The predicted molar refractivity (Wildman–Crippen MR) is 102 cm³/mol. The molecule has 0 spiro atoms. The zero-order valence-corrected chi connectivity index (χ0v) is 15.6. The number of rotatable bonds is 6. The van der Waals surface area contributed by atoms with Crippen molar-refractivity contribution in [3.05, 3.63) is 29.8 Å². The maximum atomic E-state index is 10.8. The van der Waals surface area contributed by atoms with E-state index in [1.807, 2.05) is 6.20 Å². The van der Waals surface area contributed by atoms with Gasteiger partial charge in [-0.2, -0.15) is 10.1 Å². The van der Waals surface area contributed by atoms with Crippen LogP contribution in [0.5, 0.6) is 0 Å². The average molecular weight is 389 g/mol. The molecule has 9 heteroatoms. The molecule has 2 N–H and O–H groups in total. The van der Waals surface area contributed by atoms with Gasteiger partial charge < -0.3 is 15.0 Å². The lowest BCUT2D eigenvalue weighted by atomic mass is 9.89. The van der Waals surface area contributed by atoms with Gasteiger partial charge in [0.15, 0.2) is 0 Å². The van der Waals surface area contributed by atoms with Gasteiger partial charge in [0, 0.05) is 25.1 Å². The number of aromatic nitrogens is 5. The van der Waals surface area contributed by atoms with Crippen molar-refractivity contribution in [3.63, 3.8) is 0 Å². The van der Waals surface area contributed by atoms with Crippen molar-refractivity contribution >= 4 is 40.2 Å². The Hall–Kier alpha value is -2.61. The molecular formula is C18H21ClN6O2. The summed E-state index contributed by atoms with van der Waals surface area (Å²) in [6.07, 6.45) is 13.2. The highest BCUT2D eigenvalue weighted by Crippen LogP contribution is 2.30. The molecular weight excluding hydrogens is 368 g/mol. The SMILES string of the molecule is O=C(O)Cn1cc(Nc2ncc3c(Cl)cn(CC4CCCCC4)c3n2)cn1. The lowest BCUT2D eigenvalue weighted by molar-refractivity contribution is -0.137. The van der Waals surface area contributed by atoms with E-state index in [4.69, 9.17) is 16.7 Å². The molecule has 0 bridgehead atoms. The van der Waals surface area contributed by atoms with Crippen LogP contribution in [0.4, 0.5) is 11.6 Å². The van der Waals surface area contributed by atoms with Gasteiger partial charge in [0.1, 0.15) is 12.2 Å². The third-order valence-corrected chi connectivity index (χ3v) is 5.23. The van der Waals surface area contributed by atoms with Crippen LogP contribution in [0.25, 0.3) is 11.0 Å². The Morgan fingerprint density at radius 2 is 2.07 bits per heavy atom. The fourth-order valence-corrected chi connectivity index (χ4v) is 3.91. The number of carboxylic acids is 1. The van der Waals surface area contributed by atoms with E-state index in [0.717, 1.165) is 17.6 Å². The van der Waals surface area contributed by atoms with Crippen molar-refractivity contribution in [1.82, 2.24) is 24.3 Å². The molecule has 3 heterocycles. The minimum absolute atomic E-state index is 0.193. The molecule has 142 valence electrons. The maximum absolute atomic E-state index is 10.8. The summed E-state index contributed by atoms with van der Waals surface area (Å²) in [6, 6.07) is 0. The number of hydrogen-bond acceptors (Lipinski definition) is 5. The lowest BCUT2D eigenvalue weighted by Gasteiger charge is -2.22. The second kappa shape index (κ2) is 7.56. The maximum Gasteiger partial charge on any atom is 0.325 e. The Labute approximate surface area is 161 Å². The third kappa shape index (κ3) is 4.05. The zero-order chi connectivity index (χ0) is 18.8. The first-order chi connectivity index (χ1) is 13.1. The topological polar surface area (TPSA) is 97.9 Å². The fraction of sp³-hybridized carbons (Fsp3) is 0.444. The molecule has 1 fully saturated rings. The van der Waals surface area contributed by atoms with Gasteiger partial charge in [-0.15, -0.1) is 0 Å². The fourth-order valence-electron chi connectivity index (χ4n) is 3.66. The van der Waals surface area contributed by atoms with Gasteiger partial charge in [0.2, 0.25) is 5.95 Å². The summed E-state index contributed by atoms with van der Waals surface area (Å²) in [5.74, 6) is 0.139. The molecule has 0 amide bonds. The Bertz CT molecular complexity index is 960. The number of halogens is 1. The number of nitrogens with one attached hydrogen (secondary N) is 1. The smallest absolute Gasteiger partial charge is 0.325 e. The largest absolute Gasteiger partial charge is 0.480 e. The van der Waals surface area contributed by atoms with Gasteiger partial charge in [0.05, 0.1) is 22.3 Å². The summed E-state index contributed by atoms with van der Waals surface area (Å²) in [5, 5.41) is 17.4. The van der Waals surface area contributed by atoms with Crippen LogP contribution in [0.3, 0.4) is 0 Å². The van der Waals surface area contributed by atoms with Gasteiger partial charge in [-0.1, -0.05) is 30.9 Å². The quantitative estimate of drug-likeness (QED) is 0.668. The van der Waals surface area contributed by atoms with Crippen molar-refractivity contribution in [2.75, 3.05) is 5.32 Å². The van der Waals surface area contributed by atoms with Gasteiger partial charge in [-0.3, -0.25) is 9.48 Å². The van der Waals surface area contributed by atoms with Crippen LogP contribution in [-0.4, -0.2) is 35.4 Å². The first kappa shape index (κ1) is 17.8. The number of hydrogen-bond donors (Lipinski definition) is 2. The molecule has 4 rings (SSSR count). The highest BCUT2D eigenvalue weighted by atomic mass is 35.5. The predicted octanol–water partition coefficient (Wildman–Crippen LogP) is 3.69. The van der Waals surface area contributed by atoms with Crippen LogP contribution in [0.2, 0.25) is 5.02 Å². The number of fused-ring (bicyclic) bond motifs is 1. The summed E-state index contributed by atoms with van der Waals surface area (Å²) in [7, 11) is 0. The van der Waals surface area contributed by atoms with E-state index in [1.165, 1.54) is 36.8 Å². The number of carbonyl (C=O) groups is 1. The minimum Gasteiger partial charge on any atom is -0.480 e. The van der Waals surface area contributed by atoms with E-state index in [9.17, 15) is 4.79 Å². The number of carboxylic acid groups (broad SMARTS) is 1. The molecule has 27 heavy (non-hydrogen) atoms. The van der Waals surface area contributed by atoms with Crippen molar-refractivity contribution in [2.45, 2.75) is 45.2 Å². The molecule has 1 aliphatic carbocycles. The van der Waals surface area contributed by atoms with Gasteiger partial charge in [0.25, 0.3) is 0 Å². The highest BCUT2D eigenvalue weighted by Gasteiger charge is 2.17. The second-order valence-corrected chi connectivity index (χ2v) is 7.42. The Morgan fingerprint density at radius 1 is 1.26 bits per heavy atom. The van der Waals surface area contributed by atoms with E-state index in [0.29, 0.717) is 22.6 Å². The normalized spacial score (nSPS) is 15.3. The van der Waals surface area contributed by atoms with E-state index in [2.05, 4.69) is 25.0 Å². The lowest BCUT2D eigenvalue weighted by Crippen LogP contribution is -2.14. The standard InChI is InChI=1S/C18H21ClN6O2/c19-15-10-24(8-12-4-2-1-3-5-12)17-14(15)7-20-18(23-17)22-13-6-21-25(9-13)11-16(26)27/h6-7,9-10,12H,1-5,8,11H2,(H,26,27)(H,20,22,23). The van der Waals surface area contributed by atoms with Gasteiger partial charge >= 0.3 is 5.97 Å². The minimum atomic E-state index is -0.947. The zero-order valence-electron chi connectivity index (χ0n) is 14.8. The van der Waals surface area contributed by atoms with Crippen LogP contribution >= 0.6 is 11.6 Å². The number of nitrogens with zero attached hydrogens (tertiary/aromatic N) is 5. The molecule has 0 radical (unpaired) electrons. The summed E-state index contributed by atoms with van der Waals surface area (Å²) in [6.45, 7) is 0.720. The molecule has 8 nitrogen and oxygen atoms in total. The molecule has 1 aliphatic rings.